The Morgan fingerprint density at radius 3 is 1.34 bits per heavy atom. The molecule has 2 saturated heterocycles. The Labute approximate surface area is 302 Å². The minimum Gasteiger partial charge on any atom is -0.299 e. The van der Waals surface area contributed by atoms with Crippen molar-refractivity contribution in [2.45, 2.75) is 38.8 Å². The van der Waals surface area contributed by atoms with Crippen LogP contribution in [-0.4, -0.2) is 51.7 Å². The molecular formula is C43H42N4OS2. The molecule has 2 aromatic heterocycles. The Morgan fingerprint density at radius 1 is 0.560 bits per heavy atom. The van der Waals surface area contributed by atoms with Crippen molar-refractivity contribution < 1.29 is 4.79 Å². The first-order valence-corrected chi connectivity index (χ1v) is 19.5. The summed E-state index contributed by atoms with van der Waals surface area (Å²) in [5.74, 6) is 0.617. The molecule has 4 aromatic carbocycles. The lowest BCUT2D eigenvalue weighted by atomic mass is 9.86. The number of fused-ring (bicyclic) bond motifs is 2. The molecule has 0 N–H and O–H groups in total. The number of rotatable bonds is 10. The van der Waals surface area contributed by atoms with Crippen LogP contribution in [0.4, 0.5) is 0 Å². The van der Waals surface area contributed by atoms with Crippen LogP contribution >= 0.6 is 22.7 Å². The fourth-order valence-electron chi connectivity index (χ4n) is 7.54. The van der Waals surface area contributed by atoms with Gasteiger partial charge in [-0.25, -0.2) is 9.97 Å². The number of carbonyl (C=O) groups excluding carboxylic acids is 1. The number of para-hydroxylation sites is 2. The summed E-state index contributed by atoms with van der Waals surface area (Å²) in [4.78, 5) is 29.5. The van der Waals surface area contributed by atoms with Crippen LogP contribution in [0.2, 0.25) is 0 Å². The smallest absolute Gasteiger partial charge is 0.179 e. The van der Waals surface area contributed by atoms with Gasteiger partial charge in [-0.05, 0) is 122 Å². The molecule has 0 spiro atoms. The van der Waals surface area contributed by atoms with Crippen LogP contribution < -0.4 is 0 Å². The predicted molar refractivity (Wildman–Crippen MR) is 209 cm³/mol. The first-order valence-electron chi connectivity index (χ1n) is 17.9. The number of thiazole rings is 2. The second kappa shape index (κ2) is 15.3. The maximum atomic E-state index is 14.3. The van der Waals surface area contributed by atoms with Gasteiger partial charge in [-0.2, -0.15) is 0 Å². The van der Waals surface area contributed by atoms with Gasteiger partial charge in [-0.1, -0.05) is 84.9 Å². The zero-order chi connectivity index (χ0) is 33.7. The molecule has 50 heavy (non-hydrogen) atoms. The molecule has 0 bridgehead atoms. The number of hydrogen-bond donors (Lipinski definition) is 0. The summed E-state index contributed by atoms with van der Waals surface area (Å²) >= 11 is 3.42. The number of allylic oxidation sites excluding steroid dienone is 4. The molecule has 0 saturated carbocycles. The monoisotopic (exact) mass is 694 g/mol. The van der Waals surface area contributed by atoms with Crippen molar-refractivity contribution in [3.8, 4) is 0 Å². The number of hydrogen-bond acceptors (Lipinski definition) is 7. The number of nitrogens with zero attached hydrogens (tertiary/aromatic N) is 4. The number of aromatic nitrogens is 2. The van der Waals surface area contributed by atoms with Crippen LogP contribution in [0, 0.1) is 11.8 Å². The molecule has 0 atom stereocenters. The van der Waals surface area contributed by atoms with E-state index in [2.05, 4.69) is 107 Å². The number of likely N-dealkylation sites (tertiary alicyclic amines) is 2. The molecule has 5 nitrogen and oxygen atoms in total. The Balaban J connectivity index is 1.08. The molecule has 4 heterocycles. The second-order valence-electron chi connectivity index (χ2n) is 13.6. The van der Waals surface area contributed by atoms with E-state index in [0.29, 0.717) is 0 Å². The van der Waals surface area contributed by atoms with E-state index in [4.69, 9.17) is 9.97 Å². The van der Waals surface area contributed by atoms with Gasteiger partial charge in [0.25, 0.3) is 0 Å². The third kappa shape index (κ3) is 7.72. The van der Waals surface area contributed by atoms with Crippen molar-refractivity contribution in [3.63, 3.8) is 0 Å². The lowest BCUT2D eigenvalue weighted by molar-refractivity contribution is -0.110. The Morgan fingerprint density at radius 2 is 0.940 bits per heavy atom. The minimum absolute atomic E-state index is 0.0481. The SMILES string of the molecule is O=C(/C=C(/c1nc2ccccc2s1)C1CCN(Cc2ccccc2)CC1)/C=C(/c1nc2ccccc2s1)C1CCN(Cc2ccccc2)CC1. The molecule has 6 aromatic rings. The number of ketones is 1. The van der Waals surface area contributed by atoms with Gasteiger partial charge in [-0.3, -0.25) is 14.6 Å². The average molecular weight is 695 g/mol. The average Bonchev–Trinajstić information content (AvgIpc) is 3.79. The molecule has 0 unspecified atom stereocenters. The van der Waals surface area contributed by atoms with Gasteiger partial charge >= 0.3 is 0 Å². The van der Waals surface area contributed by atoms with Crippen molar-refractivity contribution in [2.24, 2.45) is 11.8 Å². The van der Waals surface area contributed by atoms with Crippen LogP contribution in [0.1, 0.15) is 46.8 Å². The molecule has 2 aliphatic rings. The molecule has 0 aliphatic carbocycles. The molecule has 2 fully saturated rings. The van der Waals surface area contributed by atoms with E-state index in [1.54, 1.807) is 22.7 Å². The van der Waals surface area contributed by atoms with Gasteiger partial charge in [0, 0.05) is 13.1 Å². The zero-order valence-electron chi connectivity index (χ0n) is 28.3. The summed E-state index contributed by atoms with van der Waals surface area (Å²) in [7, 11) is 0. The van der Waals surface area contributed by atoms with E-state index in [1.165, 1.54) is 11.1 Å². The van der Waals surface area contributed by atoms with Crippen molar-refractivity contribution >= 4 is 60.0 Å². The van der Waals surface area contributed by atoms with Crippen LogP contribution in [0.5, 0.6) is 0 Å². The van der Waals surface area contributed by atoms with E-state index < -0.39 is 0 Å². The lowest BCUT2D eigenvalue weighted by Gasteiger charge is -2.33. The third-order valence-electron chi connectivity index (χ3n) is 10.2. The first kappa shape index (κ1) is 32.9. The fourth-order valence-corrected chi connectivity index (χ4v) is 9.66. The highest BCUT2D eigenvalue weighted by Crippen LogP contribution is 2.39. The van der Waals surface area contributed by atoms with Gasteiger partial charge in [0.1, 0.15) is 10.0 Å². The predicted octanol–water partition coefficient (Wildman–Crippen LogP) is 9.77. The Kier molecular flexibility index (Phi) is 10.1. The summed E-state index contributed by atoms with van der Waals surface area (Å²) in [5, 5.41) is 1.95. The lowest BCUT2D eigenvalue weighted by Crippen LogP contribution is -2.33. The minimum atomic E-state index is 0.0481. The van der Waals surface area contributed by atoms with E-state index in [0.717, 1.165) is 107 Å². The first-order chi connectivity index (χ1) is 24.6. The fraction of sp³-hybridized carbons (Fsp3) is 0.279. The highest BCUT2D eigenvalue weighted by molar-refractivity contribution is 7.19. The zero-order valence-corrected chi connectivity index (χ0v) is 29.9. The standard InChI is InChI=1S/C43H42N4OS2/c48-35(27-36(42-44-38-15-7-9-17-40(38)49-42)33-19-23-46(24-20-33)29-31-11-3-1-4-12-31)28-37(43-45-39-16-8-10-18-41(39)50-43)34-21-25-47(26-22-34)30-32-13-5-2-6-14-32/h1-18,27-28,33-34H,19-26,29-30H2/b36-27+,37-28+. The largest absolute Gasteiger partial charge is 0.299 e. The molecule has 8 rings (SSSR count). The molecule has 0 radical (unpaired) electrons. The highest BCUT2D eigenvalue weighted by atomic mass is 32.1. The van der Waals surface area contributed by atoms with Crippen LogP contribution in [-0.2, 0) is 17.9 Å². The highest BCUT2D eigenvalue weighted by Gasteiger charge is 2.28. The molecular weight excluding hydrogens is 653 g/mol. The van der Waals surface area contributed by atoms with E-state index in [-0.39, 0.29) is 17.6 Å². The normalized spacial score (nSPS) is 17.5. The third-order valence-corrected chi connectivity index (χ3v) is 12.4. The summed E-state index contributed by atoms with van der Waals surface area (Å²) < 4.78 is 2.32. The number of carbonyl (C=O) groups is 1. The van der Waals surface area contributed by atoms with E-state index in [1.807, 2.05) is 24.3 Å². The Hall–Kier alpha value is -4.27. The van der Waals surface area contributed by atoms with Gasteiger partial charge in [0.05, 0.1) is 20.4 Å². The molecule has 252 valence electrons. The Bertz CT molecular complexity index is 1900. The van der Waals surface area contributed by atoms with E-state index in [9.17, 15) is 4.79 Å². The van der Waals surface area contributed by atoms with Crippen molar-refractivity contribution in [2.75, 3.05) is 26.2 Å². The molecule has 0 amide bonds. The quantitative estimate of drug-likeness (QED) is 0.134. The summed E-state index contributed by atoms with van der Waals surface area (Å²) in [6, 6.07) is 38.1. The topological polar surface area (TPSA) is 49.3 Å². The molecule has 7 heteroatoms. The van der Waals surface area contributed by atoms with E-state index >= 15 is 0 Å². The van der Waals surface area contributed by atoms with Crippen LogP contribution in [0.25, 0.3) is 31.6 Å². The number of piperidine rings is 2. The summed E-state index contributed by atoms with van der Waals surface area (Å²) in [6.45, 7) is 5.94. The van der Waals surface area contributed by atoms with Crippen molar-refractivity contribution in [3.05, 3.63) is 142 Å². The molecule has 2 aliphatic heterocycles. The van der Waals surface area contributed by atoms with Gasteiger partial charge < -0.3 is 0 Å². The van der Waals surface area contributed by atoms with Crippen LogP contribution in [0.3, 0.4) is 0 Å². The van der Waals surface area contributed by atoms with Gasteiger partial charge in [0.15, 0.2) is 5.78 Å². The van der Waals surface area contributed by atoms with Gasteiger partial charge in [-0.15, -0.1) is 22.7 Å². The maximum absolute atomic E-state index is 14.3. The van der Waals surface area contributed by atoms with Crippen molar-refractivity contribution in [1.29, 1.82) is 0 Å². The second-order valence-corrected chi connectivity index (χ2v) is 15.7. The maximum Gasteiger partial charge on any atom is 0.179 e. The van der Waals surface area contributed by atoms with Gasteiger partial charge in [0.2, 0.25) is 0 Å². The van der Waals surface area contributed by atoms with Crippen molar-refractivity contribution in [1.82, 2.24) is 19.8 Å². The van der Waals surface area contributed by atoms with Crippen LogP contribution in [0.15, 0.2) is 121 Å². The summed E-state index contributed by atoms with van der Waals surface area (Å²) in [5.41, 5.74) is 6.88. The number of benzene rings is 4. The summed E-state index contributed by atoms with van der Waals surface area (Å²) in [6.07, 6.45) is 7.89.